The van der Waals surface area contributed by atoms with Crippen LogP contribution >= 0.6 is 0 Å². The number of nitrogen functional groups attached to an aromatic ring is 1. The van der Waals surface area contributed by atoms with Gasteiger partial charge in [0.1, 0.15) is 5.82 Å². The lowest BCUT2D eigenvalue weighted by molar-refractivity contribution is -0.120. The lowest BCUT2D eigenvalue weighted by Gasteiger charge is -2.12. The summed E-state index contributed by atoms with van der Waals surface area (Å²) in [6.45, 7) is 4.58. The molecule has 0 saturated carbocycles. The highest BCUT2D eigenvalue weighted by atomic mass is 32.2. The molecule has 0 unspecified atom stereocenters. The summed E-state index contributed by atoms with van der Waals surface area (Å²) in [4.78, 5) is 11.3. The molecule has 1 amide bonds. The molecule has 1 rings (SSSR count). The first kappa shape index (κ1) is 16.4. The molecule has 0 radical (unpaired) electrons. The van der Waals surface area contributed by atoms with Gasteiger partial charge >= 0.3 is 0 Å². The maximum atomic E-state index is 13.2. The van der Waals surface area contributed by atoms with E-state index in [-0.39, 0.29) is 22.2 Å². The minimum Gasteiger partial charge on any atom is -0.396 e. The van der Waals surface area contributed by atoms with Gasteiger partial charge in [0, 0.05) is 6.04 Å². The smallest absolute Gasteiger partial charge is 0.241 e. The topological polar surface area (TPSA) is 101 Å². The fourth-order valence-corrected chi connectivity index (χ4v) is 2.81. The zero-order valence-corrected chi connectivity index (χ0v) is 12.3. The number of rotatable bonds is 5. The van der Waals surface area contributed by atoms with Crippen molar-refractivity contribution in [3.63, 3.8) is 0 Å². The van der Waals surface area contributed by atoms with Crippen LogP contribution in [0.25, 0.3) is 0 Å². The van der Waals surface area contributed by atoms with Crippen molar-refractivity contribution in [3.05, 3.63) is 23.5 Å². The van der Waals surface area contributed by atoms with Crippen LogP contribution in [0.4, 0.5) is 10.1 Å². The van der Waals surface area contributed by atoms with Crippen molar-refractivity contribution >= 4 is 21.6 Å². The van der Waals surface area contributed by atoms with Gasteiger partial charge in [-0.3, -0.25) is 4.79 Å². The van der Waals surface area contributed by atoms with Gasteiger partial charge in [-0.05, 0) is 38.5 Å². The zero-order chi connectivity index (χ0) is 15.5. The van der Waals surface area contributed by atoms with Gasteiger partial charge in [0.05, 0.1) is 17.1 Å². The molecule has 0 fully saturated rings. The Hall–Kier alpha value is -1.67. The van der Waals surface area contributed by atoms with Crippen molar-refractivity contribution in [1.82, 2.24) is 10.0 Å². The van der Waals surface area contributed by atoms with Crippen LogP contribution in [0, 0.1) is 12.7 Å². The molecule has 20 heavy (non-hydrogen) atoms. The third-order valence-corrected chi connectivity index (χ3v) is 4.00. The number of hydrogen-bond donors (Lipinski definition) is 3. The summed E-state index contributed by atoms with van der Waals surface area (Å²) < 4.78 is 39.4. The molecule has 0 aromatic heterocycles. The highest BCUT2D eigenvalue weighted by molar-refractivity contribution is 7.89. The normalized spacial score (nSPS) is 11.7. The Balaban J connectivity index is 2.90. The number of carbonyl (C=O) groups is 1. The highest BCUT2D eigenvalue weighted by Crippen LogP contribution is 2.21. The quantitative estimate of drug-likeness (QED) is 0.690. The molecule has 0 heterocycles. The first-order valence-corrected chi connectivity index (χ1v) is 7.46. The number of nitrogens with two attached hydrogens (primary N) is 1. The second-order valence-electron chi connectivity index (χ2n) is 4.69. The van der Waals surface area contributed by atoms with E-state index in [2.05, 4.69) is 10.0 Å². The van der Waals surface area contributed by atoms with Gasteiger partial charge < -0.3 is 11.1 Å². The largest absolute Gasteiger partial charge is 0.396 e. The number of benzene rings is 1. The number of aryl methyl sites for hydroxylation is 1. The van der Waals surface area contributed by atoms with Gasteiger partial charge in [-0.25, -0.2) is 17.5 Å². The molecule has 6 nitrogen and oxygen atoms in total. The lowest BCUT2D eigenvalue weighted by atomic mass is 10.2. The summed E-state index contributed by atoms with van der Waals surface area (Å²) in [5.74, 6) is -1.13. The van der Waals surface area contributed by atoms with Crippen LogP contribution in [-0.4, -0.2) is 26.9 Å². The Bertz CT molecular complexity index is 615. The number of nitrogens with one attached hydrogen (secondary N) is 2. The second-order valence-corrected chi connectivity index (χ2v) is 6.42. The Kier molecular flexibility index (Phi) is 5.07. The standard InChI is InChI=1S/C12H18FN3O3S/c1-7(2)16-12(17)6-15-20(18,19)11-5-10(14)9(13)4-8(11)3/h4-5,7,15H,6,14H2,1-3H3,(H,16,17). The van der Waals surface area contributed by atoms with E-state index in [1.807, 2.05) is 0 Å². The van der Waals surface area contributed by atoms with E-state index < -0.39 is 28.3 Å². The van der Waals surface area contributed by atoms with Crippen LogP contribution in [0.2, 0.25) is 0 Å². The Morgan fingerprint density at radius 3 is 2.55 bits per heavy atom. The molecular weight excluding hydrogens is 285 g/mol. The maximum absolute atomic E-state index is 13.2. The molecule has 0 aliphatic carbocycles. The molecule has 8 heteroatoms. The van der Waals surface area contributed by atoms with Gasteiger partial charge in [0.25, 0.3) is 0 Å². The SMILES string of the molecule is Cc1cc(F)c(N)cc1S(=O)(=O)NCC(=O)NC(C)C. The average molecular weight is 303 g/mol. The van der Waals surface area contributed by atoms with E-state index in [9.17, 15) is 17.6 Å². The highest BCUT2D eigenvalue weighted by Gasteiger charge is 2.19. The van der Waals surface area contributed by atoms with Crippen LogP contribution in [-0.2, 0) is 14.8 Å². The molecule has 0 atom stereocenters. The van der Waals surface area contributed by atoms with Gasteiger partial charge in [0.15, 0.2) is 0 Å². The fraction of sp³-hybridized carbons (Fsp3) is 0.417. The lowest BCUT2D eigenvalue weighted by Crippen LogP contribution is -2.39. The van der Waals surface area contributed by atoms with Crippen LogP contribution in [0.5, 0.6) is 0 Å². The van der Waals surface area contributed by atoms with Crippen molar-refractivity contribution < 1.29 is 17.6 Å². The van der Waals surface area contributed by atoms with Crippen molar-refractivity contribution in [1.29, 1.82) is 0 Å². The van der Waals surface area contributed by atoms with Crippen LogP contribution in [0.15, 0.2) is 17.0 Å². The molecule has 4 N–H and O–H groups in total. The zero-order valence-electron chi connectivity index (χ0n) is 11.5. The predicted octanol–water partition coefficient (Wildman–Crippen LogP) is 0.519. The summed E-state index contributed by atoms with van der Waals surface area (Å²) in [5.41, 5.74) is 5.32. The first-order valence-electron chi connectivity index (χ1n) is 5.98. The summed E-state index contributed by atoms with van der Waals surface area (Å²) in [5, 5.41) is 2.55. The van der Waals surface area contributed by atoms with Crippen molar-refractivity contribution in [2.75, 3.05) is 12.3 Å². The summed E-state index contributed by atoms with van der Waals surface area (Å²) in [6, 6.07) is 1.99. The third kappa shape index (κ3) is 4.17. The average Bonchev–Trinajstić information content (AvgIpc) is 2.30. The number of sulfonamides is 1. The minimum atomic E-state index is -3.92. The van der Waals surface area contributed by atoms with Crippen molar-refractivity contribution in [3.8, 4) is 0 Å². The van der Waals surface area contributed by atoms with Gasteiger partial charge in [-0.2, -0.15) is 0 Å². The molecular formula is C12H18FN3O3S. The van der Waals surface area contributed by atoms with E-state index in [0.29, 0.717) is 0 Å². The Labute approximate surface area is 117 Å². The first-order chi connectivity index (χ1) is 9.13. The molecule has 0 spiro atoms. The minimum absolute atomic E-state index is 0.0878. The third-order valence-electron chi connectivity index (χ3n) is 2.46. The number of amides is 1. The molecule has 0 saturated heterocycles. The number of carbonyl (C=O) groups excluding carboxylic acids is 1. The molecule has 0 aliphatic heterocycles. The summed E-state index contributed by atoms with van der Waals surface area (Å²) >= 11 is 0. The van der Waals surface area contributed by atoms with Gasteiger partial charge in [-0.15, -0.1) is 0 Å². The van der Waals surface area contributed by atoms with E-state index in [1.165, 1.54) is 6.92 Å². The van der Waals surface area contributed by atoms with E-state index in [0.717, 1.165) is 12.1 Å². The molecule has 0 aliphatic rings. The monoisotopic (exact) mass is 303 g/mol. The van der Waals surface area contributed by atoms with Crippen LogP contribution in [0.1, 0.15) is 19.4 Å². The molecule has 112 valence electrons. The van der Waals surface area contributed by atoms with Crippen LogP contribution < -0.4 is 15.8 Å². The Morgan fingerprint density at radius 1 is 1.40 bits per heavy atom. The van der Waals surface area contributed by atoms with E-state index >= 15 is 0 Å². The maximum Gasteiger partial charge on any atom is 0.241 e. The number of anilines is 1. The Morgan fingerprint density at radius 2 is 2.00 bits per heavy atom. The van der Waals surface area contributed by atoms with E-state index in [1.54, 1.807) is 13.8 Å². The van der Waals surface area contributed by atoms with Crippen molar-refractivity contribution in [2.24, 2.45) is 0 Å². The van der Waals surface area contributed by atoms with Crippen molar-refractivity contribution in [2.45, 2.75) is 31.7 Å². The van der Waals surface area contributed by atoms with Gasteiger partial charge in [-0.1, -0.05) is 0 Å². The molecule has 0 bridgehead atoms. The predicted molar refractivity (Wildman–Crippen MR) is 74.0 cm³/mol. The molecule has 1 aromatic carbocycles. The van der Waals surface area contributed by atoms with E-state index in [4.69, 9.17) is 5.73 Å². The number of halogens is 1. The van der Waals surface area contributed by atoms with Gasteiger partial charge in [0.2, 0.25) is 15.9 Å². The summed E-state index contributed by atoms with van der Waals surface area (Å²) in [7, 11) is -3.92. The van der Waals surface area contributed by atoms with Crippen LogP contribution in [0.3, 0.4) is 0 Å². The fourth-order valence-electron chi connectivity index (χ4n) is 1.57. The number of hydrogen-bond acceptors (Lipinski definition) is 4. The summed E-state index contributed by atoms with van der Waals surface area (Å²) in [6.07, 6.45) is 0. The molecule has 1 aromatic rings. The second kappa shape index (κ2) is 6.19.